The summed E-state index contributed by atoms with van der Waals surface area (Å²) in [5.74, 6) is 0. The molecule has 182 valence electrons. The second-order valence-corrected chi connectivity index (χ2v) is 5.69. The van der Waals surface area contributed by atoms with Crippen molar-refractivity contribution < 1.29 is 0 Å². The van der Waals surface area contributed by atoms with Gasteiger partial charge in [-0.1, -0.05) is 159 Å². The molecular weight excluding hydrogens is 614 g/mol. The fourth-order valence-corrected chi connectivity index (χ4v) is 2.17. The Bertz CT molecular complexity index is 529. The Kier molecular flexibility index (Phi) is 48.6. The van der Waals surface area contributed by atoms with Gasteiger partial charge in [0.15, 0.2) is 0 Å². The predicted molar refractivity (Wildman–Crippen MR) is 169 cm³/mol. The summed E-state index contributed by atoms with van der Waals surface area (Å²) in [5.41, 5.74) is 2.88. The molecule has 0 fully saturated rings. The van der Waals surface area contributed by atoms with Gasteiger partial charge in [0.05, 0.1) is 0 Å². The van der Waals surface area contributed by atoms with Crippen molar-refractivity contribution in [3.05, 3.63) is 108 Å². The fourth-order valence-electron chi connectivity index (χ4n) is 2.17. The van der Waals surface area contributed by atoms with Gasteiger partial charge in [0, 0.05) is 37.2 Å². The van der Waals surface area contributed by atoms with Crippen LogP contribution in [0.25, 0.3) is 0 Å². The van der Waals surface area contributed by atoms with Crippen LogP contribution in [0, 0.1) is 0 Å². The normalized spacial score (nSPS) is 7.56. The van der Waals surface area contributed by atoms with Gasteiger partial charge in [0.25, 0.3) is 0 Å². The van der Waals surface area contributed by atoms with Crippen LogP contribution in [0.4, 0.5) is 0 Å². The highest BCUT2D eigenvalue weighted by molar-refractivity contribution is 15.0. The van der Waals surface area contributed by atoms with Crippen molar-refractivity contribution in [3.63, 3.8) is 0 Å². The van der Waals surface area contributed by atoms with Gasteiger partial charge in [-0.25, -0.2) is 0 Å². The second-order valence-electron chi connectivity index (χ2n) is 5.69. The molecule has 32 heavy (non-hydrogen) atoms. The Balaban J connectivity index is -0.000000192. The van der Waals surface area contributed by atoms with Gasteiger partial charge in [-0.15, -0.1) is 0 Å². The fraction of sp³-hybridized carbons (Fsp3) is 0.400. The summed E-state index contributed by atoms with van der Waals surface area (Å²) < 4.78 is 0. The van der Waals surface area contributed by atoms with Gasteiger partial charge in [-0.2, -0.15) is 0 Å². The van der Waals surface area contributed by atoms with Crippen LogP contribution in [0.1, 0.15) is 79.4 Å². The third-order valence-electron chi connectivity index (χ3n) is 3.28. The van der Waals surface area contributed by atoms with E-state index in [2.05, 4.69) is 112 Å². The maximum Gasteiger partial charge on any atom is 0 e. The first-order valence-corrected chi connectivity index (χ1v) is 18.4. The van der Waals surface area contributed by atoms with Gasteiger partial charge < -0.3 is 0 Å². The Hall–Kier alpha value is -0.880. The summed E-state index contributed by atoms with van der Waals surface area (Å²) in [5, 5.41) is 0. The van der Waals surface area contributed by atoms with Crippen LogP contribution in [0.3, 0.4) is 0 Å². The lowest BCUT2D eigenvalue weighted by Crippen LogP contribution is -1.89. The molecule has 0 bridgehead atoms. The van der Waals surface area contributed by atoms with Crippen molar-refractivity contribution >= 4 is 37.2 Å². The van der Waals surface area contributed by atoms with Crippen LogP contribution in [0.5, 0.6) is 0 Å². The van der Waals surface area contributed by atoms with Crippen LogP contribution in [0.15, 0.2) is 97.1 Å². The van der Waals surface area contributed by atoms with Crippen LogP contribution in [-0.4, -0.2) is 0 Å². The van der Waals surface area contributed by atoms with Crippen molar-refractivity contribution in [2.45, 2.75) is 81.1 Å². The molecular formula is C30H48I2. The van der Waals surface area contributed by atoms with E-state index in [0.717, 1.165) is 0 Å². The van der Waals surface area contributed by atoms with Gasteiger partial charge in [-0.05, 0) is 30.4 Å². The van der Waals surface area contributed by atoms with E-state index in [1.165, 1.54) is 36.8 Å². The maximum atomic E-state index is 2.20. The molecule has 0 atom stereocenters. The molecule has 0 unspecified atom stereocenters. The number of rotatable bonds is 4. The highest BCUT2D eigenvalue weighted by Gasteiger charge is 1.93. The molecule has 0 saturated carbocycles. The zero-order valence-corrected chi connectivity index (χ0v) is 26.1. The van der Waals surface area contributed by atoms with Gasteiger partial charge in [-0.3, -0.25) is 0 Å². The third-order valence-corrected chi connectivity index (χ3v) is 3.28. The molecule has 0 aromatic heterocycles. The number of hydrogen-bond donors (Lipinski definition) is 0. The lowest BCUT2D eigenvalue weighted by atomic mass is 10.0. The Morgan fingerprint density at radius 2 is 0.625 bits per heavy atom. The van der Waals surface area contributed by atoms with Gasteiger partial charge >= 0.3 is 0 Å². The number of hydrogen-bond acceptors (Lipinski definition) is 0. The van der Waals surface area contributed by atoms with Crippen LogP contribution >= 0.6 is 37.2 Å². The van der Waals surface area contributed by atoms with E-state index in [9.17, 15) is 0 Å². The standard InChI is InChI=1S/C15H16.C6H6.C3H8.3C2H6.I2/c1-3-8-14(9-4-1)12-7-13-15-10-5-2-6-11-15;1-2-4-6-5-3-1;1-3-2;4*1-2/h1-6,8-11H,7,12-13H2;1-6H;3H2,1-2H3;3*1-2H3;. The molecule has 0 amide bonds. The first-order valence-electron chi connectivity index (χ1n) is 12.1. The molecule has 3 aromatic rings. The van der Waals surface area contributed by atoms with E-state index in [4.69, 9.17) is 0 Å². The van der Waals surface area contributed by atoms with E-state index >= 15 is 0 Å². The lowest BCUT2D eigenvalue weighted by molar-refractivity contribution is 0.821. The molecule has 0 radical (unpaired) electrons. The quantitative estimate of drug-likeness (QED) is 0.244. The molecule has 0 aliphatic rings. The third kappa shape index (κ3) is 31.3. The minimum Gasteiger partial charge on any atom is -0.0683 e. The molecule has 0 nitrogen and oxygen atoms in total. The lowest BCUT2D eigenvalue weighted by Gasteiger charge is -2.01. The van der Waals surface area contributed by atoms with Crippen LogP contribution in [-0.2, 0) is 12.8 Å². The van der Waals surface area contributed by atoms with Crippen LogP contribution in [0.2, 0.25) is 0 Å². The molecule has 0 aliphatic heterocycles. The predicted octanol–water partition coefficient (Wildman–Crippen LogP) is 11.8. The smallest absolute Gasteiger partial charge is 0 e. The largest absolute Gasteiger partial charge is 0.0683 e. The Labute approximate surface area is 225 Å². The van der Waals surface area contributed by atoms with Crippen molar-refractivity contribution in [1.29, 1.82) is 0 Å². The summed E-state index contributed by atoms with van der Waals surface area (Å²) in [6.07, 6.45) is 4.83. The molecule has 0 saturated heterocycles. The number of benzene rings is 3. The molecule has 0 aliphatic carbocycles. The van der Waals surface area contributed by atoms with Crippen LogP contribution < -0.4 is 0 Å². The summed E-state index contributed by atoms with van der Waals surface area (Å²) in [7, 11) is 0. The average molecular weight is 663 g/mol. The number of halogens is 2. The zero-order valence-electron chi connectivity index (χ0n) is 21.8. The van der Waals surface area contributed by atoms with E-state index in [0.29, 0.717) is 0 Å². The zero-order chi connectivity index (χ0) is 25.3. The SMILES string of the molecule is CC.CC.CC.CCC.II.c1ccc(CCCc2ccccc2)cc1.c1ccccc1. The molecule has 3 aromatic carbocycles. The van der Waals surface area contributed by atoms with Crippen molar-refractivity contribution in [3.8, 4) is 0 Å². The van der Waals surface area contributed by atoms with E-state index in [1.54, 1.807) is 0 Å². The van der Waals surface area contributed by atoms with E-state index in [-0.39, 0.29) is 0 Å². The summed E-state index contributed by atoms with van der Waals surface area (Å²) in [6, 6.07) is 33.4. The minimum absolute atomic E-state index is 1.18. The summed E-state index contributed by atoms with van der Waals surface area (Å²) in [6.45, 7) is 16.2. The molecule has 3 rings (SSSR count). The van der Waals surface area contributed by atoms with E-state index in [1.807, 2.05) is 77.9 Å². The van der Waals surface area contributed by atoms with Crippen molar-refractivity contribution in [1.82, 2.24) is 0 Å². The topological polar surface area (TPSA) is 0 Å². The molecule has 0 heterocycles. The molecule has 0 N–H and O–H groups in total. The summed E-state index contributed by atoms with van der Waals surface area (Å²) in [4.78, 5) is 0. The molecule has 2 heteroatoms. The highest BCUT2D eigenvalue weighted by atomic mass is 128. The maximum absolute atomic E-state index is 2.20. The Morgan fingerprint density at radius 1 is 0.438 bits per heavy atom. The summed E-state index contributed by atoms with van der Waals surface area (Å²) >= 11 is 4.24. The second kappa shape index (κ2) is 40.5. The van der Waals surface area contributed by atoms with Gasteiger partial charge in [0.1, 0.15) is 0 Å². The van der Waals surface area contributed by atoms with Crippen molar-refractivity contribution in [2.24, 2.45) is 0 Å². The first kappa shape index (κ1) is 38.4. The minimum atomic E-state index is 1.18. The average Bonchev–Trinajstić information content (AvgIpc) is 2.92. The van der Waals surface area contributed by atoms with Gasteiger partial charge in [0.2, 0.25) is 0 Å². The monoisotopic (exact) mass is 662 g/mol. The molecule has 0 spiro atoms. The number of aryl methyl sites for hydroxylation is 2. The Morgan fingerprint density at radius 3 is 0.844 bits per heavy atom. The van der Waals surface area contributed by atoms with E-state index < -0.39 is 0 Å². The highest BCUT2D eigenvalue weighted by Crippen LogP contribution is 2.07. The van der Waals surface area contributed by atoms with Crippen molar-refractivity contribution in [2.75, 3.05) is 0 Å². The first-order chi connectivity index (χ1) is 15.9.